The van der Waals surface area contributed by atoms with E-state index in [-0.39, 0.29) is 11.5 Å². The van der Waals surface area contributed by atoms with Crippen molar-refractivity contribution in [3.63, 3.8) is 0 Å². The highest BCUT2D eigenvalue weighted by atomic mass is 16.4. The summed E-state index contributed by atoms with van der Waals surface area (Å²) in [5, 5.41) is 9.02. The number of carbonyl (C=O) groups excluding carboxylic acids is 1. The largest absolute Gasteiger partial charge is 0.478 e. The quantitative estimate of drug-likeness (QED) is 0.914. The monoisotopic (exact) mass is 312 g/mol. The smallest absolute Gasteiger partial charge is 0.335 e. The number of carbonyl (C=O) groups is 2. The second kappa shape index (κ2) is 6.43. The summed E-state index contributed by atoms with van der Waals surface area (Å²) in [5.41, 5.74) is 0.515. The molecule has 1 aromatic carbocycles. The predicted molar refractivity (Wildman–Crippen MR) is 83.5 cm³/mol. The number of nitrogens with zero attached hydrogens (tertiary/aromatic N) is 4. The third kappa shape index (κ3) is 3.28. The van der Waals surface area contributed by atoms with E-state index in [1.807, 2.05) is 4.90 Å². The summed E-state index contributed by atoms with van der Waals surface area (Å²) < 4.78 is 0. The SMILES string of the molecule is O=C(O)c1cccc(C(=O)N2CCN(c3ncccn3)CC2)c1. The van der Waals surface area contributed by atoms with Gasteiger partial charge in [0.2, 0.25) is 5.95 Å². The van der Waals surface area contributed by atoms with Crippen LogP contribution in [-0.2, 0) is 0 Å². The second-order valence-electron chi connectivity index (χ2n) is 5.21. The molecule has 0 saturated carbocycles. The highest BCUT2D eigenvalue weighted by Crippen LogP contribution is 2.13. The first kappa shape index (κ1) is 15.0. The van der Waals surface area contributed by atoms with Crippen molar-refractivity contribution in [3.05, 3.63) is 53.9 Å². The summed E-state index contributed by atoms with van der Waals surface area (Å²) in [7, 11) is 0. The molecule has 0 atom stereocenters. The maximum absolute atomic E-state index is 12.5. The summed E-state index contributed by atoms with van der Waals surface area (Å²) in [4.78, 5) is 35.7. The number of anilines is 1. The van der Waals surface area contributed by atoms with Crippen LogP contribution < -0.4 is 4.90 Å². The average molecular weight is 312 g/mol. The molecule has 2 heterocycles. The molecule has 1 fully saturated rings. The van der Waals surface area contributed by atoms with E-state index in [9.17, 15) is 9.59 Å². The molecule has 0 unspecified atom stereocenters. The first-order chi connectivity index (χ1) is 11.1. The van der Waals surface area contributed by atoms with E-state index in [2.05, 4.69) is 9.97 Å². The molecule has 0 radical (unpaired) electrons. The van der Waals surface area contributed by atoms with Crippen LogP contribution in [0.25, 0.3) is 0 Å². The van der Waals surface area contributed by atoms with Gasteiger partial charge in [-0.25, -0.2) is 14.8 Å². The Morgan fingerprint density at radius 1 is 0.957 bits per heavy atom. The van der Waals surface area contributed by atoms with Crippen molar-refractivity contribution in [2.45, 2.75) is 0 Å². The number of carboxylic acid groups (broad SMARTS) is 1. The summed E-state index contributed by atoms with van der Waals surface area (Å²) in [5.74, 6) is -0.528. The number of rotatable bonds is 3. The van der Waals surface area contributed by atoms with Crippen molar-refractivity contribution in [1.82, 2.24) is 14.9 Å². The van der Waals surface area contributed by atoms with Gasteiger partial charge in [0, 0.05) is 44.1 Å². The van der Waals surface area contributed by atoms with Gasteiger partial charge in [0.25, 0.3) is 5.91 Å². The summed E-state index contributed by atoms with van der Waals surface area (Å²) in [6.45, 7) is 2.39. The van der Waals surface area contributed by atoms with Crippen LogP contribution in [-0.4, -0.2) is 58.0 Å². The summed E-state index contributed by atoms with van der Waals surface area (Å²) in [6.07, 6.45) is 3.38. The molecule has 1 aliphatic rings. The molecule has 0 spiro atoms. The van der Waals surface area contributed by atoms with Gasteiger partial charge in [-0.15, -0.1) is 0 Å². The third-order valence-electron chi connectivity index (χ3n) is 3.76. The second-order valence-corrected chi connectivity index (χ2v) is 5.21. The molecule has 1 N–H and O–H groups in total. The summed E-state index contributed by atoms with van der Waals surface area (Å²) >= 11 is 0. The number of hydrogen-bond donors (Lipinski definition) is 1. The van der Waals surface area contributed by atoms with Crippen molar-refractivity contribution in [1.29, 1.82) is 0 Å². The number of aromatic carboxylic acids is 1. The number of benzene rings is 1. The van der Waals surface area contributed by atoms with Crippen LogP contribution in [0.1, 0.15) is 20.7 Å². The standard InChI is InChI=1S/C16H16N4O3/c21-14(12-3-1-4-13(11-12)15(22)23)19-7-9-20(10-8-19)16-17-5-2-6-18-16/h1-6,11H,7-10H2,(H,22,23). The molecule has 3 rings (SSSR count). The Morgan fingerprint density at radius 3 is 2.26 bits per heavy atom. The Balaban J connectivity index is 1.66. The zero-order valence-corrected chi connectivity index (χ0v) is 12.4. The lowest BCUT2D eigenvalue weighted by Crippen LogP contribution is -2.49. The molecule has 1 saturated heterocycles. The molecule has 1 aliphatic heterocycles. The number of hydrogen-bond acceptors (Lipinski definition) is 5. The first-order valence-electron chi connectivity index (χ1n) is 7.30. The number of amides is 1. The van der Waals surface area contributed by atoms with Crippen LogP contribution in [0.15, 0.2) is 42.7 Å². The molecule has 7 heteroatoms. The van der Waals surface area contributed by atoms with E-state index in [0.717, 1.165) is 0 Å². The zero-order valence-electron chi connectivity index (χ0n) is 12.4. The van der Waals surface area contributed by atoms with Crippen molar-refractivity contribution in [3.8, 4) is 0 Å². The molecule has 7 nitrogen and oxygen atoms in total. The predicted octanol–water partition coefficient (Wildman–Crippen LogP) is 1.14. The number of aromatic nitrogens is 2. The number of carboxylic acids is 1. The van der Waals surface area contributed by atoms with Crippen LogP contribution in [0.3, 0.4) is 0 Å². The fraction of sp³-hybridized carbons (Fsp3) is 0.250. The van der Waals surface area contributed by atoms with Gasteiger partial charge in [-0.3, -0.25) is 4.79 Å². The lowest BCUT2D eigenvalue weighted by molar-refractivity contribution is 0.0697. The maximum Gasteiger partial charge on any atom is 0.335 e. The average Bonchev–Trinajstić information content (AvgIpc) is 2.62. The molecule has 1 aromatic heterocycles. The lowest BCUT2D eigenvalue weighted by Gasteiger charge is -2.34. The van der Waals surface area contributed by atoms with Gasteiger partial charge in [0.1, 0.15) is 0 Å². The van der Waals surface area contributed by atoms with E-state index in [0.29, 0.717) is 37.7 Å². The lowest BCUT2D eigenvalue weighted by atomic mass is 10.1. The van der Waals surface area contributed by atoms with Gasteiger partial charge in [-0.1, -0.05) is 6.07 Å². The zero-order chi connectivity index (χ0) is 16.2. The maximum atomic E-state index is 12.5. The Morgan fingerprint density at radius 2 is 1.61 bits per heavy atom. The minimum absolute atomic E-state index is 0.118. The fourth-order valence-corrected chi connectivity index (χ4v) is 2.53. The van der Waals surface area contributed by atoms with Crippen molar-refractivity contribution >= 4 is 17.8 Å². The molecular formula is C16H16N4O3. The highest BCUT2D eigenvalue weighted by Gasteiger charge is 2.23. The van der Waals surface area contributed by atoms with E-state index in [1.54, 1.807) is 35.5 Å². The molecule has 23 heavy (non-hydrogen) atoms. The van der Waals surface area contributed by atoms with Gasteiger partial charge in [0.15, 0.2) is 0 Å². The van der Waals surface area contributed by atoms with Crippen LogP contribution in [0, 0.1) is 0 Å². The molecular weight excluding hydrogens is 296 g/mol. The molecule has 0 aliphatic carbocycles. The van der Waals surface area contributed by atoms with Gasteiger partial charge in [0.05, 0.1) is 5.56 Å². The van der Waals surface area contributed by atoms with Crippen molar-refractivity contribution in [2.75, 3.05) is 31.1 Å². The Labute approximate surface area is 133 Å². The van der Waals surface area contributed by atoms with Gasteiger partial charge in [-0.05, 0) is 24.3 Å². The molecule has 0 bridgehead atoms. The van der Waals surface area contributed by atoms with E-state index >= 15 is 0 Å². The van der Waals surface area contributed by atoms with Gasteiger partial charge < -0.3 is 14.9 Å². The Kier molecular flexibility index (Phi) is 4.18. The highest BCUT2D eigenvalue weighted by molar-refractivity contribution is 5.97. The van der Waals surface area contributed by atoms with E-state index in [4.69, 9.17) is 5.11 Å². The first-order valence-corrected chi connectivity index (χ1v) is 7.30. The van der Waals surface area contributed by atoms with E-state index < -0.39 is 5.97 Å². The van der Waals surface area contributed by atoms with E-state index in [1.165, 1.54) is 12.1 Å². The summed E-state index contributed by atoms with van der Waals surface area (Å²) in [6, 6.07) is 7.88. The third-order valence-corrected chi connectivity index (χ3v) is 3.76. The Bertz CT molecular complexity index is 712. The molecule has 118 valence electrons. The van der Waals surface area contributed by atoms with Crippen LogP contribution in [0.2, 0.25) is 0 Å². The van der Waals surface area contributed by atoms with Crippen molar-refractivity contribution in [2.24, 2.45) is 0 Å². The van der Waals surface area contributed by atoms with Gasteiger partial charge in [-0.2, -0.15) is 0 Å². The number of piperazine rings is 1. The van der Waals surface area contributed by atoms with Crippen LogP contribution in [0.5, 0.6) is 0 Å². The normalized spacial score (nSPS) is 14.6. The van der Waals surface area contributed by atoms with Gasteiger partial charge >= 0.3 is 5.97 Å². The molecule has 1 amide bonds. The fourth-order valence-electron chi connectivity index (χ4n) is 2.53. The topological polar surface area (TPSA) is 86.6 Å². The van der Waals surface area contributed by atoms with Crippen LogP contribution >= 0.6 is 0 Å². The minimum Gasteiger partial charge on any atom is -0.478 e. The minimum atomic E-state index is -1.04. The van der Waals surface area contributed by atoms with Crippen LogP contribution in [0.4, 0.5) is 5.95 Å². The Hall–Kier alpha value is -2.96. The molecule has 2 aromatic rings. The van der Waals surface area contributed by atoms with Crippen molar-refractivity contribution < 1.29 is 14.7 Å².